The number of halogens is 1. The summed E-state index contributed by atoms with van der Waals surface area (Å²) in [5, 5.41) is 3.22. The van der Waals surface area contributed by atoms with Gasteiger partial charge in [0.15, 0.2) is 0 Å². The van der Waals surface area contributed by atoms with Gasteiger partial charge in [0.2, 0.25) is 10.0 Å². The van der Waals surface area contributed by atoms with Gasteiger partial charge in [0, 0.05) is 14.1 Å². The lowest BCUT2D eigenvalue weighted by Gasteiger charge is -2.24. The fraction of sp³-hybridized carbons (Fsp3) is 0.409. The lowest BCUT2D eigenvalue weighted by Crippen LogP contribution is -2.32. The van der Waals surface area contributed by atoms with Crippen molar-refractivity contribution in [2.45, 2.75) is 44.6 Å². The molecule has 2 aromatic carbocycles. The smallest absolute Gasteiger partial charge is 0.253 e. The molecule has 5 nitrogen and oxygen atoms in total. The normalized spacial score (nSPS) is 13.2. The fourth-order valence-corrected chi connectivity index (χ4v) is 4.12. The van der Waals surface area contributed by atoms with Gasteiger partial charge in [-0.15, -0.1) is 0 Å². The standard InChI is InChI=1S/C22H29ClN2O3S/c1-14(2)16-7-9-17(10-8-16)21(15(3)4)24-22(26)19-13-18(11-12-20(19)23)29(27,28)25(5)6/h7-15,21H,1-6H3,(H,24,26). The highest BCUT2D eigenvalue weighted by Gasteiger charge is 2.24. The van der Waals surface area contributed by atoms with Gasteiger partial charge in [0.1, 0.15) is 0 Å². The van der Waals surface area contributed by atoms with E-state index in [1.165, 1.54) is 37.9 Å². The maximum atomic E-state index is 13.0. The molecule has 2 rings (SSSR count). The zero-order valence-corrected chi connectivity index (χ0v) is 19.3. The fourth-order valence-electron chi connectivity index (χ4n) is 2.99. The predicted octanol–water partition coefficient (Wildman–Crippen LogP) is 4.84. The molecular formula is C22H29ClN2O3S. The molecule has 1 N–H and O–H groups in total. The first-order valence-corrected chi connectivity index (χ1v) is 11.4. The molecule has 1 amide bonds. The van der Waals surface area contributed by atoms with Gasteiger partial charge in [-0.3, -0.25) is 4.79 Å². The molecule has 0 aliphatic carbocycles. The van der Waals surface area contributed by atoms with Gasteiger partial charge in [0.05, 0.1) is 21.5 Å². The topological polar surface area (TPSA) is 66.5 Å². The van der Waals surface area contributed by atoms with Crippen molar-refractivity contribution in [2.24, 2.45) is 5.92 Å². The number of carbonyl (C=O) groups excluding carboxylic acids is 1. The van der Waals surface area contributed by atoms with Crippen molar-refractivity contribution in [3.05, 3.63) is 64.2 Å². The van der Waals surface area contributed by atoms with Crippen molar-refractivity contribution in [1.29, 1.82) is 0 Å². The van der Waals surface area contributed by atoms with E-state index in [0.29, 0.717) is 5.92 Å². The van der Waals surface area contributed by atoms with Crippen molar-refractivity contribution in [2.75, 3.05) is 14.1 Å². The molecule has 0 aliphatic heterocycles. The number of nitrogens with one attached hydrogen (secondary N) is 1. The monoisotopic (exact) mass is 436 g/mol. The Morgan fingerprint density at radius 2 is 1.52 bits per heavy atom. The van der Waals surface area contributed by atoms with Gasteiger partial charge in [-0.1, -0.05) is 63.6 Å². The third kappa shape index (κ3) is 5.38. The van der Waals surface area contributed by atoms with Crippen LogP contribution in [0.15, 0.2) is 47.4 Å². The SMILES string of the molecule is CC(C)c1ccc(C(NC(=O)c2cc(S(=O)(=O)N(C)C)ccc2Cl)C(C)C)cc1. The van der Waals surface area contributed by atoms with Crippen LogP contribution in [0.5, 0.6) is 0 Å². The summed E-state index contributed by atoms with van der Waals surface area (Å²) >= 11 is 6.22. The first kappa shape index (κ1) is 23.4. The van der Waals surface area contributed by atoms with Crippen LogP contribution in [-0.4, -0.2) is 32.7 Å². The quantitative estimate of drug-likeness (QED) is 0.675. The number of nitrogens with zero attached hydrogens (tertiary/aromatic N) is 1. The third-order valence-corrected chi connectivity index (χ3v) is 7.02. The van der Waals surface area contributed by atoms with E-state index in [0.717, 1.165) is 9.87 Å². The van der Waals surface area contributed by atoms with Crippen molar-refractivity contribution in [3.8, 4) is 0 Å². The minimum Gasteiger partial charge on any atom is -0.345 e. The van der Waals surface area contributed by atoms with E-state index < -0.39 is 15.9 Å². The number of rotatable bonds is 7. The number of carbonyl (C=O) groups is 1. The van der Waals surface area contributed by atoms with Gasteiger partial charge < -0.3 is 5.32 Å². The van der Waals surface area contributed by atoms with Gasteiger partial charge in [-0.25, -0.2) is 12.7 Å². The van der Waals surface area contributed by atoms with Crippen LogP contribution in [0.25, 0.3) is 0 Å². The average Bonchev–Trinajstić information content (AvgIpc) is 2.65. The van der Waals surface area contributed by atoms with Crippen molar-refractivity contribution in [3.63, 3.8) is 0 Å². The Morgan fingerprint density at radius 3 is 2.00 bits per heavy atom. The molecule has 1 unspecified atom stereocenters. The summed E-state index contributed by atoms with van der Waals surface area (Å²) in [5.41, 5.74) is 2.36. The van der Waals surface area contributed by atoms with Crippen LogP contribution in [-0.2, 0) is 10.0 Å². The lowest BCUT2D eigenvalue weighted by molar-refractivity contribution is 0.0925. The first-order chi connectivity index (χ1) is 13.4. The van der Waals surface area contributed by atoms with E-state index >= 15 is 0 Å². The summed E-state index contributed by atoms with van der Waals surface area (Å²) in [4.78, 5) is 13.0. The van der Waals surface area contributed by atoms with Gasteiger partial charge in [-0.05, 0) is 41.2 Å². The zero-order chi connectivity index (χ0) is 21.9. The summed E-state index contributed by atoms with van der Waals surface area (Å²) in [6.07, 6.45) is 0. The van der Waals surface area contributed by atoms with E-state index in [9.17, 15) is 13.2 Å². The molecule has 0 spiro atoms. The van der Waals surface area contributed by atoms with E-state index in [2.05, 4.69) is 31.3 Å². The Kier molecular flexibility index (Phi) is 7.49. The Hall–Kier alpha value is -1.89. The summed E-state index contributed by atoms with van der Waals surface area (Å²) in [5.74, 6) is 0.157. The predicted molar refractivity (Wildman–Crippen MR) is 118 cm³/mol. The highest BCUT2D eigenvalue weighted by atomic mass is 35.5. The van der Waals surface area contributed by atoms with Crippen LogP contribution >= 0.6 is 11.6 Å². The van der Waals surface area contributed by atoms with Crippen LogP contribution < -0.4 is 5.32 Å². The average molecular weight is 437 g/mol. The Balaban J connectivity index is 2.35. The number of sulfonamides is 1. The van der Waals surface area contributed by atoms with E-state index in [-0.39, 0.29) is 27.4 Å². The molecule has 2 aromatic rings. The van der Waals surface area contributed by atoms with E-state index in [4.69, 9.17) is 11.6 Å². The summed E-state index contributed by atoms with van der Waals surface area (Å²) in [6, 6.07) is 12.1. The summed E-state index contributed by atoms with van der Waals surface area (Å²) < 4.78 is 25.9. The molecule has 0 heterocycles. The van der Waals surface area contributed by atoms with Crippen LogP contribution in [0.4, 0.5) is 0 Å². The third-order valence-electron chi connectivity index (χ3n) is 4.88. The molecule has 158 valence electrons. The highest BCUT2D eigenvalue weighted by Crippen LogP contribution is 2.27. The zero-order valence-electron chi connectivity index (χ0n) is 17.7. The van der Waals surface area contributed by atoms with Crippen LogP contribution in [0.2, 0.25) is 5.02 Å². The lowest BCUT2D eigenvalue weighted by atomic mass is 9.93. The van der Waals surface area contributed by atoms with Gasteiger partial charge in [0.25, 0.3) is 5.91 Å². The van der Waals surface area contributed by atoms with Crippen LogP contribution in [0.1, 0.15) is 61.1 Å². The van der Waals surface area contributed by atoms with E-state index in [1.807, 2.05) is 26.0 Å². The van der Waals surface area contributed by atoms with Crippen LogP contribution in [0.3, 0.4) is 0 Å². The Morgan fingerprint density at radius 1 is 0.966 bits per heavy atom. The largest absolute Gasteiger partial charge is 0.345 e. The molecular weight excluding hydrogens is 408 g/mol. The summed E-state index contributed by atoms with van der Waals surface area (Å²) in [7, 11) is -0.777. The molecule has 0 fully saturated rings. The maximum Gasteiger partial charge on any atom is 0.253 e. The molecule has 0 radical (unpaired) electrons. The van der Waals surface area contributed by atoms with Gasteiger partial charge in [-0.2, -0.15) is 0 Å². The van der Waals surface area contributed by atoms with Crippen LogP contribution in [0, 0.1) is 5.92 Å². The second-order valence-corrected chi connectivity index (χ2v) is 10.5. The maximum absolute atomic E-state index is 13.0. The number of benzene rings is 2. The highest BCUT2D eigenvalue weighted by molar-refractivity contribution is 7.89. The van der Waals surface area contributed by atoms with Crippen molar-refractivity contribution in [1.82, 2.24) is 9.62 Å². The number of hydrogen-bond acceptors (Lipinski definition) is 3. The minimum atomic E-state index is -3.66. The molecule has 0 bridgehead atoms. The minimum absolute atomic E-state index is 0.0273. The van der Waals surface area contributed by atoms with Gasteiger partial charge >= 0.3 is 0 Å². The molecule has 0 saturated carbocycles. The second-order valence-electron chi connectivity index (χ2n) is 7.95. The first-order valence-electron chi connectivity index (χ1n) is 9.58. The molecule has 7 heteroatoms. The second kappa shape index (κ2) is 9.28. The Bertz CT molecular complexity index is 968. The molecule has 29 heavy (non-hydrogen) atoms. The Labute approximate surface area is 179 Å². The van der Waals surface area contributed by atoms with Crippen molar-refractivity contribution >= 4 is 27.5 Å². The summed E-state index contributed by atoms with van der Waals surface area (Å²) in [6.45, 7) is 8.31. The van der Waals surface area contributed by atoms with E-state index in [1.54, 1.807) is 0 Å². The number of amides is 1. The molecule has 1 atom stereocenters. The number of hydrogen-bond donors (Lipinski definition) is 1. The molecule has 0 aromatic heterocycles. The molecule has 0 saturated heterocycles. The molecule has 0 aliphatic rings. The van der Waals surface area contributed by atoms with Crippen molar-refractivity contribution < 1.29 is 13.2 Å².